The average molecular weight is 539 g/mol. The first kappa shape index (κ1) is 24.2. The molecule has 3 heterocycles. The van der Waals surface area contributed by atoms with Gasteiger partial charge in [-0.05, 0) is 48.4 Å². The van der Waals surface area contributed by atoms with E-state index in [1.165, 1.54) is 6.07 Å². The van der Waals surface area contributed by atoms with E-state index in [2.05, 4.69) is 10.6 Å². The zero-order valence-corrected chi connectivity index (χ0v) is 21.8. The number of fused-ring (bicyclic) bond motifs is 3. The first-order valence-electron chi connectivity index (χ1n) is 12.1. The van der Waals surface area contributed by atoms with Crippen molar-refractivity contribution in [3.05, 3.63) is 93.2 Å². The van der Waals surface area contributed by atoms with E-state index in [4.69, 9.17) is 23.2 Å². The summed E-state index contributed by atoms with van der Waals surface area (Å²) >= 11 is 12.5. The van der Waals surface area contributed by atoms with Crippen molar-refractivity contribution in [3.8, 4) is 0 Å². The molecule has 3 aliphatic rings. The van der Waals surface area contributed by atoms with Crippen LogP contribution in [0.5, 0.6) is 0 Å². The van der Waals surface area contributed by atoms with Crippen LogP contribution in [0.3, 0.4) is 0 Å². The first-order chi connectivity index (χ1) is 17.7. The van der Waals surface area contributed by atoms with Crippen molar-refractivity contribution in [2.75, 3.05) is 30.9 Å². The van der Waals surface area contributed by atoms with Crippen molar-refractivity contribution >= 4 is 46.4 Å². The van der Waals surface area contributed by atoms with E-state index in [1.807, 2.05) is 37.2 Å². The normalized spacial score (nSPS) is 25.8. The maximum atomic E-state index is 15.7. The Bertz CT molecular complexity index is 1450. The fourth-order valence-corrected chi connectivity index (χ4v) is 6.63. The third-order valence-electron chi connectivity index (χ3n) is 7.87. The summed E-state index contributed by atoms with van der Waals surface area (Å²) in [6, 6.07) is 16.8. The molecule has 0 aliphatic carbocycles. The minimum atomic E-state index is -1.29. The van der Waals surface area contributed by atoms with Crippen LogP contribution in [-0.4, -0.2) is 49.4 Å². The molecule has 0 bridgehead atoms. The van der Waals surface area contributed by atoms with Crippen molar-refractivity contribution in [2.45, 2.75) is 30.0 Å². The molecule has 190 valence electrons. The topological polar surface area (TPSA) is 64.7 Å². The zero-order chi connectivity index (χ0) is 26.1. The van der Waals surface area contributed by atoms with E-state index >= 15 is 4.39 Å². The minimum absolute atomic E-state index is 0.0274. The molecule has 0 saturated carbocycles. The number of anilines is 2. The van der Waals surface area contributed by atoms with Gasteiger partial charge in [0.2, 0.25) is 5.91 Å². The molecule has 3 aromatic rings. The Balaban J connectivity index is 1.51. The Kier molecular flexibility index (Phi) is 5.71. The van der Waals surface area contributed by atoms with Crippen molar-refractivity contribution in [1.82, 2.24) is 10.2 Å². The van der Waals surface area contributed by atoms with Gasteiger partial charge in [-0.15, -0.1) is 0 Å². The van der Waals surface area contributed by atoms with Gasteiger partial charge in [0.15, 0.2) is 0 Å². The van der Waals surface area contributed by atoms with Crippen LogP contribution in [0.2, 0.25) is 10.0 Å². The summed E-state index contributed by atoms with van der Waals surface area (Å²) in [6.45, 7) is 0.483. The molecule has 2 N–H and O–H groups in total. The number of likely N-dealkylation sites (tertiary alicyclic amines) is 1. The largest absolute Gasteiger partial charge is 0.378 e. The van der Waals surface area contributed by atoms with Crippen molar-refractivity contribution in [2.24, 2.45) is 0 Å². The number of carbonyl (C=O) groups excluding carboxylic acids is 2. The Morgan fingerprint density at radius 1 is 1.11 bits per heavy atom. The van der Waals surface area contributed by atoms with Crippen LogP contribution in [0, 0.1) is 5.82 Å². The molecule has 6 nitrogen and oxygen atoms in total. The number of nitrogens with one attached hydrogen (secondary N) is 2. The first-order valence-corrected chi connectivity index (χ1v) is 12.9. The van der Waals surface area contributed by atoms with Gasteiger partial charge in [-0.25, -0.2) is 4.39 Å². The van der Waals surface area contributed by atoms with Crippen LogP contribution in [0.4, 0.5) is 15.8 Å². The number of amides is 2. The molecule has 0 aromatic heterocycles. The second-order valence-electron chi connectivity index (χ2n) is 10.0. The molecule has 2 saturated heterocycles. The van der Waals surface area contributed by atoms with Crippen molar-refractivity contribution < 1.29 is 14.0 Å². The van der Waals surface area contributed by atoms with Gasteiger partial charge in [0.1, 0.15) is 11.4 Å². The lowest BCUT2D eigenvalue weighted by Gasteiger charge is -2.36. The molecule has 2 fully saturated rings. The Morgan fingerprint density at radius 3 is 2.68 bits per heavy atom. The van der Waals surface area contributed by atoms with Crippen LogP contribution in [0.15, 0.2) is 60.7 Å². The van der Waals surface area contributed by atoms with E-state index < -0.39 is 23.3 Å². The standard InChI is InChI=1S/C28H25Cl2FN4O2/c1-34(2)17-6-3-5-15(13-17)26(36)35-12-11-21-25(35)23(18-7-4-8-20(30)24(18)31)28(33-21)19-10-9-16(29)14-22(19)32-27(28)37/h3-10,13-14,21,23,25,33H,11-12H2,1-2H3,(H,32,37)/t21?,23-,25+,28+/m0/s1. The number of benzene rings is 3. The number of hydrogen-bond donors (Lipinski definition) is 2. The van der Waals surface area contributed by atoms with Crippen molar-refractivity contribution in [3.63, 3.8) is 0 Å². The summed E-state index contributed by atoms with van der Waals surface area (Å²) in [6.07, 6.45) is 0.625. The van der Waals surface area contributed by atoms with Gasteiger partial charge in [-0.2, -0.15) is 0 Å². The van der Waals surface area contributed by atoms with Gasteiger partial charge in [0, 0.05) is 60.1 Å². The van der Waals surface area contributed by atoms with Gasteiger partial charge in [-0.3, -0.25) is 14.9 Å². The third kappa shape index (κ3) is 3.55. The highest BCUT2D eigenvalue weighted by Gasteiger charge is 2.65. The summed E-state index contributed by atoms with van der Waals surface area (Å²) in [4.78, 5) is 31.4. The summed E-state index contributed by atoms with van der Waals surface area (Å²) < 4.78 is 15.7. The Morgan fingerprint density at radius 2 is 1.89 bits per heavy atom. The molecule has 2 amide bonds. The lowest BCUT2D eigenvalue weighted by molar-refractivity contribution is -0.122. The molecule has 0 radical (unpaired) electrons. The highest BCUT2D eigenvalue weighted by Crippen LogP contribution is 2.55. The average Bonchev–Trinajstić information content (AvgIpc) is 3.51. The smallest absolute Gasteiger partial charge is 0.254 e. The van der Waals surface area contributed by atoms with Crippen LogP contribution in [-0.2, 0) is 10.3 Å². The van der Waals surface area contributed by atoms with E-state index in [1.54, 1.807) is 41.3 Å². The van der Waals surface area contributed by atoms with Crippen LogP contribution in [0.1, 0.15) is 33.8 Å². The summed E-state index contributed by atoms with van der Waals surface area (Å²) in [7, 11) is 3.83. The van der Waals surface area contributed by atoms with Crippen LogP contribution >= 0.6 is 23.2 Å². The lowest BCUT2D eigenvalue weighted by atomic mass is 9.74. The predicted molar refractivity (Wildman–Crippen MR) is 143 cm³/mol. The number of hydrogen-bond acceptors (Lipinski definition) is 4. The second-order valence-corrected chi connectivity index (χ2v) is 10.9. The summed E-state index contributed by atoms with van der Waals surface area (Å²) in [5.41, 5.74) is 1.72. The van der Waals surface area contributed by atoms with E-state index in [-0.39, 0.29) is 22.9 Å². The monoisotopic (exact) mass is 538 g/mol. The quantitative estimate of drug-likeness (QED) is 0.491. The number of carbonyl (C=O) groups is 2. The highest BCUT2D eigenvalue weighted by molar-refractivity contribution is 6.31. The van der Waals surface area contributed by atoms with E-state index in [0.29, 0.717) is 40.4 Å². The maximum absolute atomic E-state index is 15.7. The van der Waals surface area contributed by atoms with Gasteiger partial charge < -0.3 is 15.1 Å². The van der Waals surface area contributed by atoms with E-state index in [9.17, 15) is 9.59 Å². The number of nitrogens with zero attached hydrogens (tertiary/aromatic N) is 2. The third-order valence-corrected chi connectivity index (χ3v) is 8.40. The molecular formula is C28H25Cl2FN4O2. The van der Waals surface area contributed by atoms with Crippen LogP contribution in [0.25, 0.3) is 0 Å². The lowest BCUT2D eigenvalue weighted by Crippen LogP contribution is -2.50. The Labute approximate surface area is 224 Å². The van der Waals surface area contributed by atoms with E-state index in [0.717, 1.165) is 5.69 Å². The van der Waals surface area contributed by atoms with Gasteiger partial charge in [-0.1, -0.05) is 47.5 Å². The fraction of sp³-hybridized carbons (Fsp3) is 0.286. The zero-order valence-electron chi connectivity index (χ0n) is 20.3. The number of rotatable bonds is 3. The molecule has 37 heavy (non-hydrogen) atoms. The van der Waals surface area contributed by atoms with Crippen molar-refractivity contribution in [1.29, 1.82) is 0 Å². The van der Waals surface area contributed by atoms with Gasteiger partial charge in [0.25, 0.3) is 5.91 Å². The number of halogens is 3. The summed E-state index contributed by atoms with van der Waals surface area (Å²) in [5.74, 6) is -1.76. The van der Waals surface area contributed by atoms with Crippen LogP contribution < -0.4 is 15.5 Å². The van der Waals surface area contributed by atoms with Gasteiger partial charge >= 0.3 is 0 Å². The fourth-order valence-electron chi connectivity index (χ4n) is 6.28. The second kappa shape index (κ2) is 8.72. The molecule has 3 aliphatic heterocycles. The predicted octanol–water partition coefficient (Wildman–Crippen LogP) is 5.02. The molecular weight excluding hydrogens is 514 g/mol. The Hall–Kier alpha value is -3.13. The molecule has 3 aromatic carbocycles. The molecule has 4 atom stereocenters. The SMILES string of the molecule is CN(C)c1cccc(C(=O)N2CCC3N[C@@]4(C(=O)Nc5cc(Cl)ccc54)[C@@H](c4cccc(Cl)c4F)[C@@H]32)c1. The molecule has 9 heteroatoms. The molecule has 1 unspecified atom stereocenters. The maximum Gasteiger partial charge on any atom is 0.254 e. The molecule has 6 rings (SSSR count). The molecule has 1 spiro atoms. The minimum Gasteiger partial charge on any atom is -0.378 e. The highest BCUT2D eigenvalue weighted by atomic mass is 35.5. The van der Waals surface area contributed by atoms with Gasteiger partial charge in [0.05, 0.1) is 11.1 Å². The summed E-state index contributed by atoms with van der Waals surface area (Å²) in [5, 5.41) is 6.94.